The van der Waals surface area contributed by atoms with Gasteiger partial charge in [-0.1, -0.05) is 28.1 Å². The molecule has 4 rings (SSSR count). The first kappa shape index (κ1) is 21.5. The third-order valence-corrected chi connectivity index (χ3v) is 6.22. The molecule has 1 aromatic carbocycles. The number of nitrogens with one attached hydrogen (secondary N) is 1. The summed E-state index contributed by atoms with van der Waals surface area (Å²) in [6.07, 6.45) is 4.85. The number of carbonyl (C=O) groups is 1. The van der Waals surface area contributed by atoms with Gasteiger partial charge in [0, 0.05) is 41.2 Å². The Hall–Kier alpha value is -2.71. The van der Waals surface area contributed by atoms with Gasteiger partial charge >= 0.3 is 5.97 Å². The van der Waals surface area contributed by atoms with Crippen LogP contribution in [0.4, 0.5) is 0 Å². The predicted molar refractivity (Wildman–Crippen MR) is 127 cm³/mol. The van der Waals surface area contributed by atoms with Crippen LogP contribution in [0.3, 0.4) is 0 Å². The maximum absolute atomic E-state index is 11.6. The maximum atomic E-state index is 11.6. The van der Waals surface area contributed by atoms with E-state index >= 15 is 0 Å². The van der Waals surface area contributed by atoms with Gasteiger partial charge in [-0.05, 0) is 61.1 Å². The van der Waals surface area contributed by atoms with Gasteiger partial charge in [-0.3, -0.25) is 9.78 Å². The molecule has 1 N–H and O–H groups in total. The van der Waals surface area contributed by atoms with Gasteiger partial charge in [0.2, 0.25) is 0 Å². The molecule has 1 aliphatic rings. The molecule has 3 heterocycles. The Labute approximate surface area is 195 Å². The number of pyridine rings is 1. The first-order chi connectivity index (χ1) is 15.1. The molecule has 0 radical (unpaired) electrons. The highest BCUT2D eigenvalue weighted by atomic mass is 79.9. The summed E-state index contributed by atoms with van der Waals surface area (Å²) >= 11 is 9.28. The van der Waals surface area contributed by atoms with E-state index in [0.717, 1.165) is 21.5 Å². The minimum atomic E-state index is -0.214. The van der Waals surface area contributed by atoms with E-state index in [-0.39, 0.29) is 18.1 Å². The van der Waals surface area contributed by atoms with Crippen LogP contribution >= 0.6 is 28.1 Å². The summed E-state index contributed by atoms with van der Waals surface area (Å²) in [6, 6.07) is 18.1. The van der Waals surface area contributed by atoms with Crippen molar-refractivity contribution < 1.29 is 9.53 Å². The Morgan fingerprint density at radius 3 is 2.84 bits per heavy atom. The average molecular weight is 499 g/mol. The van der Waals surface area contributed by atoms with Crippen LogP contribution < -0.4 is 5.32 Å². The van der Waals surface area contributed by atoms with E-state index in [2.05, 4.69) is 60.1 Å². The molecule has 0 amide bonds. The van der Waals surface area contributed by atoms with E-state index in [1.54, 1.807) is 6.20 Å². The van der Waals surface area contributed by atoms with Crippen LogP contribution in [0, 0.1) is 0 Å². The fourth-order valence-electron chi connectivity index (χ4n) is 3.96. The Bertz CT molecular complexity index is 1070. The summed E-state index contributed by atoms with van der Waals surface area (Å²) in [5, 5.41) is 4.12. The van der Waals surface area contributed by atoms with Gasteiger partial charge in [-0.25, -0.2) is 0 Å². The Balaban J connectivity index is 1.72. The zero-order valence-corrected chi connectivity index (χ0v) is 19.5. The lowest BCUT2D eigenvalue weighted by molar-refractivity contribution is -0.140. The molecule has 2 aromatic heterocycles. The highest BCUT2D eigenvalue weighted by molar-refractivity contribution is 9.10. The van der Waals surface area contributed by atoms with Gasteiger partial charge in [-0.15, -0.1) is 0 Å². The molecule has 1 saturated heterocycles. The van der Waals surface area contributed by atoms with Crippen molar-refractivity contribution in [3.63, 3.8) is 0 Å². The first-order valence-corrected chi connectivity index (χ1v) is 11.3. The number of ether oxygens (including phenoxy) is 1. The van der Waals surface area contributed by atoms with E-state index in [1.807, 2.05) is 36.4 Å². The van der Waals surface area contributed by atoms with Crippen LogP contribution in [-0.2, 0) is 9.53 Å². The fraction of sp³-hybridized carbons (Fsp3) is 0.261. The van der Waals surface area contributed by atoms with Crippen LogP contribution in [0.2, 0.25) is 0 Å². The van der Waals surface area contributed by atoms with Gasteiger partial charge in [-0.2, -0.15) is 0 Å². The summed E-state index contributed by atoms with van der Waals surface area (Å²) in [5.74, 6) is -0.214. The molecular formula is C23H23BrN4O2S. The van der Waals surface area contributed by atoms with E-state index in [9.17, 15) is 4.79 Å². The molecule has 1 aliphatic heterocycles. The SMILES string of the molecule is COC(=O)CCCN1C(=S)N[C@H](c2ccccn2)[C@H]1c1cccn1-c1cccc(Br)c1. The largest absolute Gasteiger partial charge is 0.469 e. The van der Waals surface area contributed by atoms with E-state index < -0.39 is 0 Å². The predicted octanol–water partition coefficient (Wildman–Crippen LogP) is 4.56. The Morgan fingerprint density at radius 1 is 1.23 bits per heavy atom. The highest BCUT2D eigenvalue weighted by Crippen LogP contribution is 2.39. The second-order valence-corrected chi connectivity index (χ2v) is 8.58. The lowest BCUT2D eigenvalue weighted by Gasteiger charge is -2.29. The molecule has 0 spiro atoms. The van der Waals surface area contributed by atoms with Crippen LogP contribution in [0.1, 0.15) is 36.3 Å². The molecule has 1 fully saturated rings. The molecule has 31 heavy (non-hydrogen) atoms. The van der Waals surface area contributed by atoms with Crippen molar-refractivity contribution in [2.24, 2.45) is 0 Å². The van der Waals surface area contributed by atoms with Gasteiger partial charge in [0.25, 0.3) is 0 Å². The molecule has 8 heteroatoms. The van der Waals surface area contributed by atoms with Crippen LogP contribution in [-0.4, -0.2) is 39.2 Å². The van der Waals surface area contributed by atoms with Gasteiger partial charge in [0.05, 0.1) is 24.9 Å². The summed E-state index contributed by atoms with van der Waals surface area (Å²) in [6.45, 7) is 0.637. The number of thiocarbonyl (C=S) groups is 1. The summed E-state index contributed by atoms with van der Waals surface area (Å²) in [4.78, 5) is 18.4. The van der Waals surface area contributed by atoms with Gasteiger partial charge in [0.1, 0.15) is 0 Å². The number of benzene rings is 1. The minimum absolute atomic E-state index is 0.0750. The molecule has 0 unspecified atom stereocenters. The second-order valence-electron chi connectivity index (χ2n) is 7.28. The molecule has 0 aliphatic carbocycles. The van der Waals surface area contributed by atoms with Crippen molar-refractivity contribution >= 4 is 39.2 Å². The number of hydrogen-bond acceptors (Lipinski definition) is 4. The van der Waals surface area contributed by atoms with Crippen molar-refractivity contribution in [3.8, 4) is 5.69 Å². The number of hydrogen-bond donors (Lipinski definition) is 1. The second kappa shape index (κ2) is 9.62. The van der Waals surface area contributed by atoms with Crippen LogP contribution in [0.5, 0.6) is 0 Å². The summed E-state index contributed by atoms with van der Waals surface area (Å²) < 4.78 is 7.98. The van der Waals surface area contributed by atoms with Crippen molar-refractivity contribution in [2.75, 3.05) is 13.7 Å². The maximum Gasteiger partial charge on any atom is 0.305 e. The number of methoxy groups -OCH3 is 1. The molecule has 0 saturated carbocycles. The molecule has 160 valence electrons. The quantitative estimate of drug-likeness (QED) is 0.380. The lowest BCUT2D eigenvalue weighted by atomic mass is 10.0. The topological polar surface area (TPSA) is 59.4 Å². The van der Waals surface area contributed by atoms with Gasteiger partial charge < -0.3 is 19.5 Å². The fourth-order valence-corrected chi connectivity index (χ4v) is 4.68. The van der Waals surface area contributed by atoms with Crippen LogP contribution in [0.15, 0.2) is 71.5 Å². The third kappa shape index (κ3) is 4.65. The van der Waals surface area contributed by atoms with Crippen molar-refractivity contribution in [3.05, 3.63) is 82.9 Å². The van der Waals surface area contributed by atoms with Crippen molar-refractivity contribution in [1.29, 1.82) is 0 Å². The number of aromatic nitrogens is 2. The molecule has 3 aromatic rings. The molecule has 2 atom stereocenters. The van der Waals surface area contributed by atoms with Crippen molar-refractivity contribution in [2.45, 2.75) is 24.9 Å². The standard InChI is InChI=1S/C23H23BrN4O2S/c1-30-20(29)11-6-14-28-22(21(26-23(28)31)18-9-2-3-12-25-18)19-10-5-13-27(19)17-8-4-7-16(24)15-17/h2-5,7-10,12-13,15,21-22H,6,11,14H2,1H3,(H,26,31)/t21-,22-/m1/s1. The lowest BCUT2D eigenvalue weighted by Crippen LogP contribution is -2.31. The van der Waals surface area contributed by atoms with E-state index in [0.29, 0.717) is 24.5 Å². The number of nitrogens with zero attached hydrogens (tertiary/aromatic N) is 3. The molecule has 0 bridgehead atoms. The van der Waals surface area contributed by atoms with Crippen molar-refractivity contribution in [1.82, 2.24) is 19.8 Å². The minimum Gasteiger partial charge on any atom is -0.469 e. The summed E-state index contributed by atoms with van der Waals surface area (Å²) in [5.41, 5.74) is 3.08. The average Bonchev–Trinajstić information content (AvgIpc) is 3.39. The highest BCUT2D eigenvalue weighted by Gasteiger charge is 2.41. The zero-order valence-electron chi connectivity index (χ0n) is 17.1. The van der Waals surface area contributed by atoms with Crippen LogP contribution in [0.25, 0.3) is 5.69 Å². The van der Waals surface area contributed by atoms with E-state index in [4.69, 9.17) is 17.0 Å². The Kier molecular flexibility index (Phi) is 6.67. The van der Waals surface area contributed by atoms with Gasteiger partial charge in [0.15, 0.2) is 5.11 Å². The molecule has 6 nitrogen and oxygen atoms in total. The normalized spacial score (nSPS) is 18.1. The first-order valence-electron chi connectivity index (χ1n) is 10.1. The number of esters is 1. The zero-order chi connectivity index (χ0) is 21.8. The monoisotopic (exact) mass is 498 g/mol. The molecular weight excluding hydrogens is 476 g/mol. The summed E-state index contributed by atoms with van der Waals surface area (Å²) in [7, 11) is 1.41. The number of carbonyl (C=O) groups excluding carboxylic acids is 1. The smallest absolute Gasteiger partial charge is 0.305 e. The number of halogens is 1. The number of rotatable bonds is 7. The van der Waals surface area contributed by atoms with E-state index in [1.165, 1.54) is 7.11 Å². The Morgan fingerprint density at radius 2 is 2.10 bits per heavy atom. The third-order valence-electron chi connectivity index (χ3n) is 5.38.